The van der Waals surface area contributed by atoms with Crippen LogP contribution in [-0.4, -0.2) is 39.0 Å². The largest absolute Gasteiger partial charge is 0.480 e. The van der Waals surface area contributed by atoms with Crippen LogP contribution in [-0.2, 0) is 16.1 Å². The number of carbonyl (C=O) groups is 2. The molecule has 2 heterocycles. The summed E-state index contributed by atoms with van der Waals surface area (Å²) in [6, 6.07) is 9.13. The maximum absolute atomic E-state index is 12.3. The highest BCUT2D eigenvalue weighted by molar-refractivity contribution is 5.86. The molecule has 0 saturated carbocycles. The zero-order valence-corrected chi connectivity index (χ0v) is 11.0. The maximum atomic E-state index is 12.3. The van der Waals surface area contributed by atoms with E-state index in [0.717, 1.165) is 17.3 Å². The number of benzene rings is 1. The van der Waals surface area contributed by atoms with E-state index >= 15 is 0 Å². The Labute approximate surface area is 116 Å². The minimum atomic E-state index is -0.909. The van der Waals surface area contributed by atoms with Crippen molar-refractivity contribution in [3.05, 3.63) is 36.5 Å². The fraction of sp³-hybridized carbons (Fsp3) is 0.333. The highest BCUT2D eigenvalue weighted by atomic mass is 16.4. The van der Waals surface area contributed by atoms with Crippen molar-refractivity contribution in [2.24, 2.45) is 0 Å². The van der Waals surface area contributed by atoms with Crippen molar-refractivity contribution in [2.75, 3.05) is 6.54 Å². The summed E-state index contributed by atoms with van der Waals surface area (Å²) in [5.74, 6) is -1.04. The van der Waals surface area contributed by atoms with Gasteiger partial charge in [0.25, 0.3) is 0 Å². The van der Waals surface area contributed by atoms with Gasteiger partial charge in [-0.2, -0.15) is 0 Å². The van der Waals surface area contributed by atoms with Crippen LogP contribution in [0.2, 0.25) is 0 Å². The van der Waals surface area contributed by atoms with E-state index in [2.05, 4.69) is 0 Å². The van der Waals surface area contributed by atoms with Crippen LogP contribution in [0.3, 0.4) is 0 Å². The van der Waals surface area contributed by atoms with Crippen molar-refractivity contribution < 1.29 is 14.7 Å². The number of hydrogen-bond acceptors (Lipinski definition) is 2. The Morgan fingerprint density at radius 2 is 2.05 bits per heavy atom. The predicted octanol–water partition coefficient (Wildman–Crippen LogP) is 1.72. The first-order valence-electron chi connectivity index (χ1n) is 6.73. The molecular formula is C15H16N2O3. The lowest BCUT2D eigenvalue weighted by atomic mass is 10.2. The van der Waals surface area contributed by atoms with Gasteiger partial charge in [0.05, 0.1) is 0 Å². The number of carboxylic acid groups (broad SMARTS) is 1. The zero-order valence-electron chi connectivity index (χ0n) is 11.0. The van der Waals surface area contributed by atoms with Gasteiger partial charge in [-0.25, -0.2) is 4.79 Å². The van der Waals surface area contributed by atoms with Crippen molar-refractivity contribution in [1.82, 2.24) is 9.47 Å². The Balaban J connectivity index is 1.80. The number of nitrogens with zero attached hydrogens (tertiary/aromatic N) is 2. The quantitative estimate of drug-likeness (QED) is 0.925. The average molecular weight is 272 g/mol. The van der Waals surface area contributed by atoms with Gasteiger partial charge >= 0.3 is 5.97 Å². The molecule has 1 aliphatic rings. The van der Waals surface area contributed by atoms with Gasteiger partial charge in [-0.05, 0) is 30.4 Å². The molecule has 0 aliphatic carbocycles. The monoisotopic (exact) mass is 272 g/mol. The smallest absolute Gasteiger partial charge is 0.326 e. The van der Waals surface area contributed by atoms with E-state index in [1.165, 1.54) is 4.90 Å². The molecule has 0 spiro atoms. The summed E-state index contributed by atoms with van der Waals surface area (Å²) >= 11 is 0. The molecule has 0 radical (unpaired) electrons. The first-order chi connectivity index (χ1) is 9.66. The average Bonchev–Trinajstić information content (AvgIpc) is 3.06. The van der Waals surface area contributed by atoms with E-state index in [1.807, 2.05) is 41.1 Å². The van der Waals surface area contributed by atoms with Crippen LogP contribution in [0.25, 0.3) is 10.9 Å². The van der Waals surface area contributed by atoms with Gasteiger partial charge in [-0.15, -0.1) is 0 Å². The molecular weight excluding hydrogens is 256 g/mol. The molecule has 104 valence electrons. The summed E-state index contributed by atoms with van der Waals surface area (Å²) in [6.07, 6.45) is 3.18. The Kier molecular flexibility index (Phi) is 3.18. The maximum Gasteiger partial charge on any atom is 0.326 e. The van der Waals surface area contributed by atoms with Crippen LogP contribution in [0.1, 0.15) is 12.8 Å². The Bertz CT molecular complexity index is 662. The fourth-order valence-corrected chi connectivity index (χ4v) is 2.84. The lowest BCUT2D eigenvalue weighted by molar-refractivity contribution is -0.148. The molecule has 1 aromatic carbocycles. The molecule has 0 bridgehead atoms. The van der Waals surface area contributed by atoms with Crippen LogP contribution in [0.15, 0.2) is 36.5 Å². The second-order valence-electron chi connectivity index (χ2n) is 5.09. The first-order valence-corrected chi connectivity index (χ1v) is 6.73. The number of hydrogen-bond donors (Lipinski definition) is 1. The van der Waals surface area contributed by atoms with Gasteiger partial charge in [-0.3, -0.25) is 4.79 Å². The van der Waals surface area contributed by atoms with Crippen molar-refractivity contribution >= 4 is 22.8 Å². The van der Waals surface area contributed by atoms with Gasteiger partial charge in [0.1, 0.15) is 12.6 Å². The number of rotatable bonds is 3. The Hall–Kier alpha value is -2.30. The minimum Gasteiger partial charge on any atom is -0.480 e. The van der Waals surface area contributed by atoms with E-state index in [1.54, 1.807) is 0 Å². The summed E-state index contributed by atoms with van der Waals surface area (Å²) < 4.78 is 1.87. The van der Waals surface area contributed by atoms with Crippen molar-refractivity contribution in [3.8, 4) is 0 Å². The number of fused-ring (bicyclic) bond motifs is 1. The summed E-state index contributed by atoms with van der Waals surface area (Å²) in [6.45, 7) is 0.728. The molecule has 1 aliphatic heterocycles. The lowest BCUT2D eigenvalue weighted by Crippen LogP contribution is -2.41. The Morgan fingerprint density at radius 3 is 2.85 bits per heavy atom. The van der Waals surface area contributed by atoms with E-state index in [9.17, 15) is 9.59 Å². The number of likely N-dealkylation sites (tertiary alicyclic amines) is 1. The highest BCUT2D eigenvalue weighted by Crippen LogP contribution is 2.20. The molecule has 1 amide bonds. The second-order valence-corrected chi connectivity index (χ2v) is 5.09. The van der Waals surface area contributed by atoms with Crippen LogP contribution < -0.4 is 0 Å². The molecule has 5 heteroatoms. The molecule has 2 aromatic rings. The zero-order chi connectivity index (χ0) is 14.1. The third-order valence-corrected chi connectivity index (χ3v) is 3.84. The predicted molar refractivity (Wildman–Crippen MR) is 74.3 cm³/mol. The minimum absolute atomic E-state index is 0.128. The van der Waals surface area contributed by atoms with Crippen LogP contribution >= 0.6 is 0 Å². The summed E-state index contributed by atoms with van der Waals surface area (Å²) in [4.78, 5) is 24.9. The van der Waals surface area contributed by atoms with Crippen molar-refractivity contribution in [1.29, 1.82) is 0 Å². The SMILES string of the molecule is O=C(O)[C@@H]1CCCN1C(=O)Cn1ccc2ccccc21. The summed E-state index contributed by atoms with van der Waals surface area (Å²) in [5.41, 5.74) is 0.993. The topological polar surface area (TPSA) is 62.5 Å². The van der Waals surface area contributed by atoms with Gasteiger partial charge in [-0.1, -0.05) is 18.2 Å². The number of para-hydroxylation sites is 1. The molecule has 3 rings (SSSR count). The molecule has 1 N–H and O–H groups in total. The standard InChI is InChI=1S/C15H16N2O3/c18-14(17-8-3-6-13(17)15(19)20)10-16-9-7-11-4-1-2-5-12(11)16/h1-2,4-5,7,9,13H,3,6,8,10H2,(H,19,20)/t13-/m0/s1. The van der Waals surface area contributed by atoms with Crippen LogP contribution in [0, 0.1) is 0 Å². The first kappa shape index (κ1) is 12.7. The van der Waals surface area contributed by atoms with Gasteiger partial charge in [0, 0.05) is 18.3 Å². The third kappa shape index (κ3) is 2.15. The van der Waals surface area contributed by atoms with E-state index in [4.69, 9.17) is 5.11 Å². The normalized spacial score (nSPS) is 18.6. The molecule has 20 heavy (non-hydrogen) atoms. The number of carbonyl (C=O) groups excluding carboxylic acids is 1. The van der Waals surface area contributed by atoms with Gasteiger partial charge in [0.2, 0.25) is 5.91 Å². The number of carboxylic acids is 1. The van der Waals surface area contributed by atoms with Gasteiger partial charge in [0.15, 0.2) is 0 Å². The highest BCUT2D eigenvalue weighted by Gasteiger charge is 2.33. The van der Waals surface area contributed by atoms with E-state index in [0.29, 0.717) is 13.0 Å². The second kappa shape index (κ2) is 5.00. The van der Waals surface area contributed by atoms with Crippen molar-refractivity contribution in [2.45, 2.75) is 25.4 Å². The number of aliphatic carboxylic acids is 1. The molecule has 0 unspecified atom stereocenters. The lowest BCUT2D eigenvalue weighted by Gasteiger charge is -2.21. The van der Waals surface area contributed by atoms with E-state index < -0.39 is 12.0 Å². The Morgan fingerprint density at radius 1 is 1.25 bits per heavy atom. The molecule has 1 atom stereocenters. The summed E-state index contributed by atoms with van der Waals surface area (Å²) in [5, 5.41) is 10.2. The third-order valence-electron chi connectivity index (χ3n) is 3.84. The number of aromatic nitrogens is 1. The fourth-order valence-electron chi connectivity index (χ4n) is 2.84. The van der Waals surface area contributed by atoms with Crippen molar-refractivity contribution in [3.63, 3.8) is 0 Å². The van der Waals surface area contributed by atoms with Crippen LogP contribution in [0.4, 0.5) is 0 Å². The number of amides is 1. The molecule has 5 nitrogen and oxygen atoms in total. The molecule has 1 fully saturated rings. The molecule has 1 aromatic heterocycles. The van der Waals surface area contributed by atoms with E-state index in [-0.39, 0.29) is 12.5 Å². The van der Waals surface area contributed by atoms with Crippen LogP contribution in [0.5, 0.6) is 0 Å². The summed E-state index contributed by atoms with van der Waals surface area (Å²) in [7, 11) is 0. The molecule has 1 saturated heterocycles. The van der Waals surface area contributed by atoms with Gasteiger partial charge < -0.3 is 14.6 Å².